The summed E-state index contributed by atoms with van der Waals surface area (Å²) in [5, 5.41) is 8.90. The van der Waals surface area contributed by atoms with E-state index in [4.69, 9.17) is 19.7 Å². The first-order valence-electron chi connectivity index (χ1n) is 12.3. The number of aromatic nitrogens is 3. The molecule has 0 radical (unpaired) electrons. The van der Waals surface area contributed by atoms with Gasteiger partial charge in [0.15, 0.2) is 0 Å². The molecule has 0 amide bonds. The summed E-state index contributed by atoms with van der Waals surface area (Å²) >= 11 is 0. The van der Waals surface area contributed by atoms with Crippen molar-refractivity contribution in [3.8, 4) is 11.9 Å². The number of ether oxygens (including phenoxy) is 2. The number of likely N-dealkylation sites (tertiary alicyclic amines) is 1. The lowest BCUT2D eigenvalue weighted by molar-refractivity contribution is -0.0600. The third-order valence-corrected chi connectivity index (χ3v) is 7.11. The minimum absolute atomic E-state index is 0.0719. The van der Waals surface area contributed by atoms with Crippen molar-refractivity contribution in [1.82, 2.24) is 19.4 Å². The Morgan fingerprint density at radius 1 is 1.23 bits per heavy atom. The van der Waals surface area contributed by atoms with Gasteiger partial charge in [-0.25, -0.2) is 14.4 Å². The molecular weight excluding hydrogens is 445 g/mol. The number of hydrogen-bond acceptors (Lipinski definition) is 6. The molecule has 0 saturated carbocycles. The van der Waals surface area contributed by atoms with Crippen LogP contribution in [0.4, 0.5) is 4.39 Å². The Bertz CT molecular complexity index is 1190. The molecule has 7 nitrogen and oxygen atoms in total. The highest BCUT2D eigenvalue weighted by atomic mass is 19.1. The van der Waals surface area contributed by atoms with Gasteiger partial charge in [-0.15, -0.1) is 0 Å². The van der Waals surface area contributed by atoms with Crippen molar-refractivity contribution in [1.29, 1.82) is 5.26 Å². The van der Waals surface area contributed by atoms with E-state index in [-0.39, 0.29) is 12.6 Å². The molecule has 5 rings (SSSR count). The van der Waals surface area contributed by atoms with Crippen molar-refractivity contribution in [2.24, 2.45) is 0 Å². The average Bonchev–Trinajstić information content (AvgIpc) is 3.33. The Kier molecular flexibility index (Phi) is 7.07. The normalized spacial score (nSPS) is 19.6. The van der Waals surface area contributed by atoms with Crippen LogP contribution in [0.15, 0.2) is 48.8 Å². The maximum absolute atomic E-state index is 14.2. The summed E-state index contributed by atoms with van der Waals surface area (Å²) in [5.74, 6) is 1.50. The van der Waals surface area contributed by atoms with Crippen LogP contribution in [0.5, 0.6) is 5.88 Å². The fourth-order valence-electron chi connectivity index (χ4n) is 4.86. The molecule has 1 aromatic carbocycles. The van der Waals surface area contributed by atoms with Gasteiger partial charge in [0, 0.05) is 42.2 Å². The van der Waals surface area contributed by atoms with Crippen LogP contribution in [0.25, 0.3) is 0 Å². The molecule has 2 saturated heterocycles. The standard InChI is InChI=1S/C27H30FN5O2/c1-19(27-30-10-13-33(27)17-23-9-14-34-23)32-11-7-21(8-12-32)25-3-2-4-26(31-25)35-18-22-6-5-20(16-29)15-24(22)28/h2-6,10,13,15,19,21,23H,7-9,11-12,14,17-18H2,1H3/t19-,23-/m0/s1. The zero-order valence-electron chi connectivity index (χ0n) is 19.9. The van der Waals surface area contributed by atoms with Crippen LogP contribution in [0.2, 0.25) is 0 Å². The number of nitrogens with zero attached hydrogens (tertiary/aromatic N) is 5. The first-order valence-corrected chi connectivity index (χ1v) is 12.3. The van der Waals surface area contributed by atoms with Crippen molar-refractivity contribution in [2.45, 2.75) is 57.4 Å². The van der Waals surface area contributed by atoms with E-state index in [0.717, 1.165) is 57.0 Å². The zero-order valence-corrected chi connectivity index (χ0v) is 19.9. The number of hydrogen-bond donors (Lipinski definition) is 0. The maximum atomic E-state index is 14.2. The Morgan fingerprint density at radius 2 is 2.06 bits per heavy atom. The lowest BCUT2D eigenvalue weighted by atomic mass is 9.92. The first-order chi connectivity index (χ1) is 17.1. The largest absolute Gasteiger partial charge is 0.473 e. The lowest BCUT2D eigenvalue weighted by Gasteiger charge is -2.36. The molecule has 2 aliphatic heterocycles. The van der Waals surface area contributed by atoms with Crippen molar-refractivity contribution in [2.75, 3.05) is 19.7 Å². The molecule has 0 spiro atoms. The predicted molar refractivity (Wildman–Crippen MR) is 128 cm³/mol. The monoisotopic (exact) mass is 475 g/mol. The minimum atomic E-state index is -0.442. The van der Waals surface area contributed by atoms with Gasteiger partial charge in [0.25, 0.3) is 0 Å². The number of halogens is 1. The van der Waals surface area contributed by atoms with Gasteiger partial charge >= 0.3 is 0 Å². The lowest BCUT2D eigenvalue weighted by Crippen LogP contribution is -2.37. The zero-order chi connectivity index (χ0) is 24.2. The highest BCUT2D eigenvalue weighted by Gasteiger charge is 2.28. The van der Waals surface area contributed by atoms with Crippen LogP contribution >= 0.6 is 0 Å². The molecule has 0 bridgehead atoms. The van der Waals surface area contributed by atoms with Gasteiger partial charge in [-0.1, -0.05) is 12.1 Å². The third kappa shape index (κ3) is 5.37. The Hall–Kier alpha value is -3.28. The van der Waals surface area contributed by atoms with Gasteiger partial charge in [-0.2, -0.15) is 5.26 Å². The molecule has 2 aromatic heterocycles. The molecule has 8 heteroatoms. The highest BCUT2D eigenvalue weighted by Crippen LogP contribution is 2.32. The van der Waals surface area contributed by atoms with Gasteiger partial charge in [-0.05, 0) is 57.5 Å². The number of imidazole rings is 1. The molecule has 35 heavy (non-hydrogen) atoms. The van der Waals surface area contributed by atoms with Crippen molar-refractivity contribution >= 4 is 0 Å². The van der Waals surface area contributed by atoms with Gasteiger partial charge in [0.1, 0.15) is 18.2 Å². The van der Waals surface area contributed by atoms with E-state index in [1.807, 2.05) is 24.4 Å². The summed E-state index contributed by atoms with van der Waals surface area (Å²) in [5.41, 5.74) is 1.71. The SMILES string of the molecule is C[C@@H](c1nccn1C[C@@H]1CCO1)N1CCC(c2cccc(OCc3ccc(C#N)cc3F)n2)CC1. The Morgan fingerprint density at radius 3 is 2.77 bits per heavy atom. The average molecular weight is 476 g/mol. The smallest absolute Gasteiger partial charge is 0.213 e. The van der Waals surface area contributed by atoms with Gasteiger partial charge in [0.05, 0.1) is 30.3 Å². The molecule has 0 aliphatic carbocycles. The second kappa shape index (κ2) is 10.5. The minimum Gasteiger partial charge on any atom is -0.473 e. The second-order valence-corrected chi connectivity index (χ2v) is 9.31. The van der Waals surface area contributed by atoms with E-state index in [9.17, 15) is 4.39 Å². The van der Waals surface area contributed by atoms with Crippen LogP contribution in [-0.4, -0.2) is 45.2 Å². The summed E-state index contributed by atoms with van der Waals surface area (Å²) in [6.45, 7) is 5.99. The predicted octanol–water partition coefficient (Wildman–Crippen LogP) is 4.60. The number of rotatable bonds is 8. The van der Waals surface area contributed by atoms with E-state index in [1.54, 1.807) is 18.2 Å². The highest BCUT2D eigenvalue weighted by molar-refractivity contribution is 5.33. The molecule has 0 N–H and O–H groups in total. The van der Waals surface area contributed by atoms with Crippen LogP contribution < -0.4 is 4.74 Å². The summed E-state index contributed by atoms with van der Waals surface area (Å²) in [4.78, 5) is 11.8. The maximum Gasteiger partial charge on any atom is 0.213 e. The summed E-state index contributed by atoms with van der Waals surface area (Å²) in [7, 11) is 0. The quantitative estimate of drug-likeness (QED) is 0.474. The fraction of sp³-hybridized carbons (Fsp3) is 0.444. The van der Waals surface area contributed by atoms with Gasteiger partial charge in [-0.3, -0.25) is 4.90 Å². The second-order valence-electron chi connectivity index (χ2n) is 9.31. The molecule has 3 aromatic rings. The molecule has 2 atom stereocenters. The molecule has 182 valence electrons. The van der Waals surface area contributed by atoms with Crippen molar-refractivity contribution in [3.63, 3.8) is 0 Å². The van der Waals surface area contributed by atoms with Crippen molar-refractivity contribution in [3.05, 3.63) is 77.3 Å². The van der Waals surface area contributed by atoms with E-state index < -0.39 is 5.82 Å². The Labute approximate surface area is 205 Å². The third-order valence-electron chi connectivity index (χ3n) is 7.11. The molecular formula is C27H30FN5O2. The number of benzene rings is 1. The summed E-state index contributed by atoms with van der Waals surface area (Å²) in [6, 6.07) is 12.4. The van der Waals surface area contributed by atoms with Crippen LogP contribution in [0.1, 0.15) is 60.8 Å². The fourth-order valence-corrected chi connectivity index (χ4v) is 4.86. The molecule has 2 aliphatic rings. The summed E-state index contributed by atoms with van der Waals surface area (Å²) < 4.78 is 27.8. The van der Waals surface area contributed by atoms with Crippen molar-refractivity contribution < 1.29 is 13.9 Å². The van der Waals surface area contributed by atoms with E-state index in [2.05, 4.69) is 27.6 Å². The van der Waals surface area contributed by atoms with Gasteiger partial charge < -0.3 is 14.0 Å². The van der Waals surface area contributed by atoms with E-state index in [0.29, 0.717) is 29.0 Å². The molecule has 4 heterocycles. The van der Waals surface area contributed by atoms with Crippen LogP contribution in [-0.2, 0) is 17.9 Å². The van der Waals surface area contributed by atoms with Crippen LogP contribution in [0, 0.1) is 17.1 Å². The molecule has 0 unspecified atom stereocenters. The van der Waals surface area contributed by atoms with E-state index in [1.165, 1.54) is 6.07 Å². The number of nitriles is 1. The number of pyridine rings is 1. The number of piperidine rings is 1. The van der Waals surface area contributed by atoms with Gasteiger partial charge in [0.2, 0.25) is 5.88 Å². The van der Waals surface area contributed by atoms with Crippen LogP contribution in [0.3, 0.4) is 0 Å². The van der Waals surface area contributed by atoms with E-state index >= 15 is 0 Å². The Balaban J connectivity index is 1.17. The molecule has 2 fully saturated rings. The topological polar surface area (TPSA) is 76.2 Å². The summed E-state index contributed by atoms with van der Waals surface area (Å²) in [6.07, 6.45) is 7.40. The first kappa shape index (κ1) is 23.5.